The van der Waals surface area contributed by atoms with Crippen LogP contribution in [0.25, 0.3) is 0 Å². The Bertz CT molecular complexity index is 399. The van der Waals surface area contributed by atoms with E-state index in [1.807, 2.05) is 6.20 Å². The number of aryl methyl sites for hydroxylation is 1. The molecule has 4 heteroatoms. The van der Waals surface area contributed by atoms with E-state index in [9.17, 15) is 9.90 Å². The predicted octanol–water partition coefficient (Wildman–Crippen LogP) is 1.30. The van der Waals surface area contributed by atoms with Crippen molar-refractivity contribution in [3.05, 3.63) is 18.2 Å². The number of carbonyl (C=O) groups excluding carboxylic acids is 1. The summed E-state index contributed by atoms with van der Waals surface area (Å²) in [5, 5.41) is 10.9. The monoisotopic (exact) mass is 266 g/mol. The first-order valence-electron chi connectivity index (χ1n) is 7.38. The predicted molar refractivity (Wildman–Crippen MR) is 72.3 cm³/mol. The topological polar surface area (TPSA) is 48.9 Å². The van der Waals surface area contributed by atoms with Crippen molar-refractivity contribution in [3.8, 4) is 0 Å². The standard InChI is InChI=1S/C15H26N2O2/c1-4-6-7-8-14-16(9-5-2)10-11-17(14)12-13(3)15(18)19/h10-11,13H,4-9,12H2,1-3H3. The van der Waals surface area contributed by atoms with Crippen molar-refractivity contribution in [1.82, 2.24) is 4.57 Å². The molecule has 1 rings (SSSR count). The number of carboxylic acids is 1. The molecule has 0 bridgehead atoms. The molecule has 1 aromatic heterocycles. The zero-order chi connectivity index (χ0) is 14.3. The molecular weight excluding hydrogens is 240 g/mol. The molecule has 4 nitrogen and oxygen atoms in total. The van der Waals surface area contributed by atoms with Gasteiger partial charge in [-0.15, -0.1) is 0 Å². The molecule has 0 N–H and O–H groups in total. The molecule has 0 amide bonds. The largest absolute Gasteiger partial charge is 0.550 e. The van der Waals surface area contributed by atoms with Gasteiger partial charge >= 0.3 is 0 Å². The molecule has 1 aromatic rings. The number of carboxylic acid groups (broad SMARTS) is 1. The first-order valence-corrected chi connectivity index (χ1v) is 7.38. The Balaban J connectivity index is 2.80. The average Bonchev–Trinajstić information content (AvgIpc) is 2.73. The molecule has 0 aliphatic heterocycles. The van der Waals surface area contributed by atoms with Crippen LogP contribution < -0.4 is 9.67 Å². The molecule has 0 radical (unpaired) electrons. The molecule has 1 unspecified atom stereocenters. The van der Waals surface area contributed by atoms with E-state index in [-0.39, 0.29) is 0 Å². The first-order chi connectivity index (χ1) is 9.10. The Morgan fingerprint density at radius 3 is 2.68 bits per heavy atom. The van der Waals surface area contributed by atoms with Crippen molar-refractivity contribution in [2.24, 2.45) is 5.92 Å². The highest BCUT2D eigenvalue weighted by Gasteiger charge is 2.18. The van der Waals surface area contributed by atoms with Gasteiger partial charge in [-0.3, -0.25) is 0 Å². The van der Waals surface area contributed by atoms with Crippen LogP contribution in [0.1, 0.15) is 52.3 Å². The Labute approximate surface area is 116 Å². The van der Waals surface area contributed by atoms with Crippen LogP contribution in [0.3, 0.4) is 0 Å². The Hall–Kier alpha value is -1.32. The van der Waals surface area contributed by atoms with Crippen LogP contribution in [0, 0.1) is 5.92 Å². The number of hydrogen-bond donors (Lipinski definition) is 0. The molecule has 0 aliphatic rings. The highest BCUT2D eigenvalue weighted by atomic mass is 16.4. The van der Waals surface area contributed by atoms with Crippen LogP contribution in [0.5, 0.6) is 0 Å². The number of carbonyl (C=O) groups is 1. The quantitative estimate of drug-likeness (QED) is 0.500. The van der Waals surface area contributed by atoms with Gasteiger partial charge in [0.2, 0.25) is 0 Å². The lowest BCUT2D eigenvalue weighted by molar-refractivity contribution is -0.708. The highest BCUT2D eigenvalue weighted by molar-refractivity contribution is 5.66. The molecule has 0 fully saturated rings. The molecule has 1 atom stereocenters. The van der Waals surface area contributed by atoms with E-state index in [4.69, 9.17) is 0 Å². The fourth-order valence-corrected chi connectivity index (χ4v) is 2.30. The van der Waals surface area contributed by atoms with Crippen LogP contribution >= 0.6 is 0 Å². The zero-order valence-corrected chi connectivity index (χ0v) is 12.4. The summed E-state index contributed by atoms with van der Waals surface area (Å²) in [6, 6.07) is 0. The molecule has 19 heavy (non-hydrogen) atoms. The summed E-state index contributed by atoms with van der Waals surface area (Å²) in [7, 11) is 0. The van der Waals surface area contributed by atoms with E-state index in [0.717, 1.165) is 25.8 Å². The van der Waals surface area contributed by atoms with E-state index < -0.39 is 11.9 Å². The van der Waals surface area contributed by atoms with Crippen molar-refractivity contribution in [1.29, 1.82) is 0 Å². The van der Waals surface area contributed by atoms with Gasteiger partial charge in [-0.25, -0.2) is 9.13 Å². The normalized spacial score (nSPS) is 12.6. The van der Waals surface area contributed by atoms with Crippen molar-refractivity contribution < 1.29 is 14.5 Å². The van der Waals surface area contributed by atoms with E-state index in [0.29, 0.717) is 6.54 Å². The average molecular weight is 266 g/mol. The van der Waals surface area contributed by atoms with E-state index >= 15 is 0 Å². The second-order valence-electron chi connectivity index (χ2n) is 5.24. The summed E-state index contributed by atoms with van der Waals surface area (Å²) in [6.45, 7) is 7.55. The Morgan fingerprint density at radius 1 is 1.37 bits per heavy atom. The van der Waals surface area contributed by atoms with Gasteiger partial charge < -0.3 is 9.90 Å². The molecule has 1 heterocycles. The SMILES string of the molecule is CCCCCc1n(CCC)cc[n+]1CC(C)C(=O)[O-]. The maximum absolute atomic E-state index is 10.9. The maximum atomic E-state index is 10.9. The number of aliphatic carboxylic acids is 1. The minimum absolute atomic E-state index is 0.451. The van der Waals surface area contributed by atoms with Gasteiger partial charge in [0.05, 0.1) is 13.1 Å². The molecule has 108 valence electrons. The van der Waals surface area contributed by atoms with Gasteiger partial charge in [0, 0.05) is 18.3 Å². The summed E-state index contributed by atoms with van der Waals surface area (Å²) in [5.41, 5.74) is 0. The molecule has 0 saturated heterocycles. The van der Waals surface area contributed by atoms with Crippen molar-refractivity contribution in [2.75, 3.05) is 0 Å². The molecule has 0 saturated carbocycles. The van der Waals surface area contributed by atoms with Gasteiger partial charge in [-0.05, 0) is 12.8 Å². The van der Waals surface area contributed by atoms with Gasteiger partial charge in [0.1, 0.15) is 12.4 Å². The Kier molecular flexibility index (Phi) is 6.60. The number of rotatable bonds is 9. The first kappa shape index (κ1) is 15.7. The molecule has 0 spiro atoms. The molecule has 0 aromatic carbocycles. The summed E-state index contributed by atoms with van der Waals surface area (Å²) in [4.78, 5) is 10.9. The summed E-state index contributed by atoms with van der Waals surface area (Å²) < 4.78 is 4.32. The van der Waals surface area contributed by atoms with Crippen molar-refractivity contribution in [3.63, 3.8) is 0 Å². The summed E-state index contributed by atoms with van der Waals surface area (Å²) >= 11 is 0. The lowest BCUT2D eigenvalue weighted by Gasteiger charge is -2.11. The van der Waals surface area contributed by atoms with Crippen molar-refractivity contribution in [2.45, 2.75) is 66.0 Å². The van der Waals surface area contributed by atoms with Gasteiger partial charge in [0.25, 0.3) is 5.82 Å². The van der Waals surface area contributed by atoms with Crippen LogP contribution in [0.15, 0.2) is 12.4 Å². The van der Waals surface area contributed by atoms with Crippen LogP contribution in [-0.2, 0) is 24.3 Å². The second-order valence-corrected chi connectivity index (χ2v) is 5.24. The fraction of sp³-hybridized carbons (Fsp3) is 0.733. The van der Waals surface area contributed by atoms with Crippen LogP contribution in [-0.4, -0.2) is 10.5 Å². The fourth-order valence-electron chi connectivity index (χ4n) is 2.30. The number of hydrogen-bond acceptors (Lipinski definition) is 2. The number of imidazole rings is 1. The lowest BCUT2D eigenvalue weighted by atomic mass is 10.1. The molecule has 0 aliphatic carbocycles. The van der Waals surface area contributed by atoms with Gasteiger partial charge in [0.15, 0.2) is 0 Å². The van der Waals surface area contributed by atoms with Crippen LogP contribution in [0.4, 0.5) is 0 Å². The lowest BCUT2D eigenvalue weighted by Crippen LogP contribution is -2.45. The van der Waals surface area contributed by atoms with Crippen molar-refractivity contribution >= 4 is 5.97 Å². The van der Waals surface area contributed by atoms with E-state index in [1.54, 1.807) is 6.92 Å². The van der Waals surface area contributed by atoms with E-state index in [2.05, 4.69) is 29.2 Å². The summed E-state index contributed by atoms with van der Waals surface area (Å²) in [6.07, 6.45) is 9.73. The third-order valence-electron chi connectivity index (χ3n) is 3.43. The minimum atomic E-state index is -0.977. The highest BCUT2D eigenvalue weighted by Crippen LogP contribution is 2.06. The zero-order valence-electron chi connectivity index (χ0n) is 12.4. The molecular formula is C15H26N2O2. The third kappa shape index (κ3) is 4.69. The van der Waals surface area contributed by atoms with E-state index in [1.165, 1.54) is 18.7 Å². The van der Waals surface area contributed by atoms with Gasteiger partial charge in [-0.1, -0.05) is 33.6 Å². The minimum Gasteiger partial charge on any atom is -0.550 e. The number of aromatic nitrogens is 2. The number of unbranched alkanes of at least 4 members (excludes halogenated alkanes) is 2. The smallest absolute Gasteiger partial charge is 0.256 e. The maximum Gasteiger partial charge on any atom is 0.256 e. The summed E-state index contributed by atoms with van der Waals surface area (Å²) in [5.74, 6) is -0.189. The second kappa shape index (κ2) is 7.97. The van der Waals surface area contributed by atoms with Crippen LogP contribution in [0.2, 0.25) is 0 Å². The number of nitrogens with zero attached hydrogens (tertiary/aromatic N) is 2. The Morgan fingerprint density at radius 2 is 2.11 bits per heavy atom. The van der Waals surface area contributed by atoms with Gasteiger partial charge in [-0.2, -0.15) is 0 Å². The third-order valence-corrected chi connectivity index (χ3v) is 3.43.